The molecule has 0 saturated carbocycles. The Morgan fingerprint density at radius 3 is 2.70 bits per heavy atom. The fourth-order valence-electron chi connectivity index (χ4n) is 1.91. The quantitative estimate of drug-likeness (QED) is 0.869. The Labute approximate surface area is 125 Å². The number of halogens is 1. The Morgan fingerprint density at radius 2 is 2.15 bits per heavy atom. The zero-order valence-electron chi connectivity index (χ0n) is 11.1. The first-order chi connectivity index (χ1) is 9.61. The van der Waals surface area contributed by atoms with Crippen molar-refractivity contribution < 1.29 is 9.90 Å². The second-order valence-electron chi connectivity index (χ2n) is 4.51. The molecule has 0 aliphatic rings. The average molecular weight is 338 g/mol. The van der Waals surface area contributed by atoms with Crippen LogP contribution in [0.2, 0.25) is 0 Å². The summed E-state index contributed by atoms with van der Waals surface area (Å²) in [5.41, 5.74) is 1.06. The molecule has 1 unspecified atom stereocenters. The van der Waals surface area contributed by atoms with Gasteiger partial charge in [0.05, 0.1) is 18.8 Å². The van der Waals surface area contributed by atoms with E-state index in [2.05, 4.69) is 26.2 Å². The van der Waals surface area contributed by atoms with Gasteiger partial charge in [-0.3, -0.25) is 4.79 Å². The fraction of sp³-hybridized carbons (Fsp3) is 0.286. The van der Waals surface area contributed by atoms with E-state index in [1.54, 1.807) is 17.8 Å². The van der Waals surface area contributed by atoms with E-state index in [9.17, 15) is 9.90 Å². The van der Waals surface area contributed by atoms with Crippen LogP contribution in [-0.4, -0.2) is 33.2 Å². The maximum atomic E-state index is 12.1. The van der Waals surface area contributed by atoms with Crippen molar-refractivity contribution >= 4 is 21.8 Å². The Kier molecular flexibility index (Phi) is 4.92. The van der Waals surface area contributed by atoms with E-state index in [-0.39, 0.29) is 18.6 Å². The third-order valence-electron chi connectivity index (χ3n) is 3.02. The lowest BCUT2D eigenvalue weighted by Crippen LogP contribution is -2.40. The number of aromatic nitrogens is 2. The van der Waals surface area contributed by atoms with E-state index in [0.717, 1.165) is 10.2 Å². The van der Waals surface area contributed by atoms with Crippen molar-refractivity contribution in [1.82, 2.24) is 14.9 Å². The summed E-state index contributed by atoms with van der Waals surface area (Å²) < 4.78 is 2.37. The van der Waals surface area contributed by atoms with Crippen LogP contribution in [0.3, 0.4) is 0 Å². The van der Waals surface area contributed by atoms with Crippen molar-refractivity contribution in [2.45, 2.75) is 12.5 Å². The molecule has 0 spiro atoms. The summed E-state index contributed by atoms with van der Waals surface area (Å²) in [5.74, 6) is 0.0107. The Hall–Kier alpha value is -1.66. The highest BCUT2D eigenvalue weighted by molar-refractivity contribution is 9.10. The van der Waals surface area contributed by atoms with E-state index in [0.29, 0.717) is 12.2 Å². The van der Waals surface area contributed by atoms with Gasteiger partial charge in [-0.25, -0.2) is 4.98 Å². The minimum absolute atomic E-state index is 0.119. The zero-order chi connectivity index (χ0) is 14.5. The first kappa shape index (κ1) is 14.7. The number of hydrogen-bond donors (Lipinski definition) is 2. The molecule has 1 atom stereocenters. The van der Waals surface area contributed by atoms with Crippen molar-refractivity contribution in [1.29, 1.82) is 0 Å². The molecule has 1 aromatic carbocycles. The highest BCUT2D eigenvalue weighted by Crippen LogP contribution is 2.10. The van der Waals surface area contributed by atoms with Crippen molar-refractivity contribution in [3.05, 3.63) is 52.5 Å². The van der Waals surface area contributed by atoms with Gasteiger partial charge in [-0.2, -0.15) is 0 Å². The summed E-state index contributed by atoms with van der Waals surface area (Å²) in [7, 11) is 1.75. The van der Waals surface area contributed by atoms with Gasteiger partial charge in [-0.1, -0.05) is 30.3 Å². The van der Waals surface area contributed by atoms with Crippen LogP contribution in [0.15, 0.2) is 41.1 Å². The minimum atomic E-state index is -0.333. The molecule has 1 amide bonds. The number of imidazole rings is 1. The third kappa shape index (κ3) is 3.46. The first-order valence-corrected chi connectivity index (χ1v) is 7.04. The van der Waals surface area contributed by atoms with Crippen molar-refractivity contribution in [3.8, 4) is 0 Å². The fourth-order valence-corrected chi connectivity index (χ4v) is 2.18. The van der Waals surface area contributed by atoms with Crippen LogP contribution in [0.5, 0.6) is 0 Å². The first-order valence-electron chi connectivity index (χ1n) is 6.24. The highest BCUT2D eigenvalue weighted by atomic mass is 79.9. The zero-order valence-corrected chi connectivity index (χ0v) is 12.7. The van der Waals surface area contributed by atoms with Gasteiger partial charge in [0.1, 0.15) is 4.60 Å². The number of amides is 1. The van der Waals surface area contributed by atoms with Crippen molar-refractivity contribution in [3.63, 3.8) is 0 Å². The number of carbonyl (C=O) groups is 1. The SMILES string of the molecule is Cn1c(Br)cnc1C(=O)NC(CO)Cc1ccccc1. The number of aliphatic hydroxyl groups is 1. The molecular weight excluding hydrogens is 322 g/mol. The Bertz CT molecular complexity index is 583. The van der Waals surface area contributed by atoms with Crippen LogP contribution < -0.4 is 5.32 Å². The van der Waals surface area contributed by atoms with Crippen molar-refractivity contribution in [2.75, 3.05) is 6.61 Å². The summed E-state index contributed by atoms with van der Waals surface area (Å²) in [6, 6.07) is 9.39. The standard InChI is InChI=1S/C14H16BrN3O2/c1-18-12(15)8-16-13(18)14(20)17-11(9-19)7-10-5-3-2-4-6-10/h2-6,8,11,19H,7,9H2,1H3,(H,17,20). The molecule has 1 aromatic heterocycles. The molecule has 2 aromatic rings. The molecule has 1 heterocycles. The summed E-state index contributed by atoms with van der Waals surface area (Å²) in [6.07, 6.45) is 2.15. The predicted molar refractivity (Wildman–Crippen MR) is 79.4 cm³/mol. The summed E-state index contributed by atoms with van der Waals surface area (Å²) in [4.78, 5) is 16.1. The second kappa shape index (κ2) is 6.67. The maximum absolute atomic E-state index is 12.1. The molecule has 0 radical (unpaired) electrons. The molecule has 5 nitrogen and oxygen atoms in total. The summed E-state index contributed by atoms with van der Waals surface area (Å²) in [5, 5.41) is 12.2. The maximum Gasteiger partial charge on any atom is 0.287 e. The molecule has 0 fully saturated rings. The van der Waals surface area contributed by atoms with Crippen LogP contribution in [-0.2, 0) is 13.5 Å². The molecule has 0 saturated heterocycles. The number of nitrogens with one attached hydrogen (secondary N) is 1. The molecule has 106 valence electrons. The average Bonchev–Trinajstić information content (AvgIpc) is 2.79. The van der Waals surface area contributed by atoms with Gasteiger partial charge in [-0.05, 0) is 27.9 Å². The number of aliphatic hydroxyl groups excluding tert-OH is 1. The van der Waals surface area contributed by atoms with Gasteiger partial charge in [0.2, 0.25) is 0 Å². The summed E-state index contributed by atoms with van der Waals surface area (Å²) >= 11 is 3.29. The predicted octanol–water partition coefficient (Wildman–Crippen LogP) is 1.52. The van der Waals surface area contributed by atoms with E-state index < -0.39 is 0 Å². The largest absolute Gasteiger partial charge is 0.394 e. The molecule has 0 aliphatic carbocycles. The van der Waals surface area contributed by atoms with Gasteiger partial charge in [0.15, 0.2) is 5.82 Å². The number of benzene rings is 1. The van der Waals surface area contributed by atoms with E-state index in [4.69, 9.17) is 0 Å². The van der Waals surface area contributed by atoms with Crippen LogP contribution in [0.1, 0.15) is 16.2 Å². The second-order valence-corrected chi connectivity index (χ2v) is 5.32. The van der Waals surface area contributed by atoms with Crippen LogP contribution in [0.25, 0.3) is 0 Å². The lowest BCUT2D eigenvalue weighted by Gasteiger charge is -2.16. The lowest BCUT2D eigenvalue weighted by molar-refractivity contribution is 0.0902. The smallest absolute Gasteiger partial charge is 0.287 e. The summed E-state index contributed by atoms with van der Waals surface area (Å²) in [6.45, 7) is -0.119. The van der Waals surface area contributed by atoms with Gasteiger partial charge >= 0.3 is 0 Å². The Morgan fingerprint density at radius 1 is 1.45 bits per heavy atom. The molecule has 0 bridgehead atoms. The van der Waals surface area contributed by atoms with E-state index in [1.165, 1.54) is 0 Å². The van der Waals surface area contributed by atoms with Gasteiger partial charge in [-0.15, -0.1) is 0 Å². The molecule has 2 N–H and O–H groups in total. The molecule has 20 heavy (non-hydrogen) atoms. The monoisotopic (exact) mass is 337 g/mol. The van der Waals surface area contributed by atoms with Gasteiger partial charge in [0.25, 0.3) is 5.91 Å². The third-order valence-corrected chi connectivity index (χ3v) is 3.75. The van der Waals surface area contributed by atoms with Gasteiger partial charge < -0.3 is 15.0 Å². The molecule has 6 heteroatoms. The van der Waals surface area contributed by atoms with Gasteiger partial charge in [0, 0.05) is 7.05 Å². The molecule has 0 aliphatic heterocycles. The number of rotatable bonds is 5. The van der Waals surface area contributed by atoms with Crippen molar-refractivity contribution in [2.24, 2.45) is 7.05 Å². The molecule has 2 rings (SSSR count). The van der Waals surface area contributed by atoms with Crippen LogP contribution >= 0.6 is 15.9 Å². The number of hydrogen-bond acceptors (Lipinski definition) is 3. The minimum Gasteiger partial charge on any atom is -0.394 e. The molecular formula is C14H16BrN3O2. The normalized spacial score (nSPS) is 12.2. The number of carbonyl (C=O) groups excluding carboxylic acids is 1. The van der Waals surface area contributed by atoms with Crippen LogP contribution in [0.4, 0.5) is 0 Å². The number of nitrogens with zero attached hydrogens (tertiary/aromatic N) is 2. The topological polar surface area (TPSA) is 67.2 Å². The lowest BCUT2D eigenvalue weighted by atomic mass is 10.1. The van der Waals surface area contributed by atoms with Crippen LogP contribution in [0, 0.1) is 0 Å². The van der Waals surface area contributed by atoms with E-state index in [1.807, 2.05) is 30.3 Å². The Balaban J connectivity index is 2.03. The highest BCUT2D eigenvalue weighted by Gasteiger charge is 2.17. The van der Waals surface area contributed by atoms with E-state index >= 15 is 0 Å².